The normalized spacial score (nSPS) is 10.2. The standard InChI is InChI=1S/C11H20N4O2/c1-2-5-17-11-8-10(14-9-15-11)13-4-7-16-6-3-12/h8-9H,2-7,12H2,1H3,(H,13,14,15). The Morgan fingerprint density at radius 1 is 1.29 bits per heavy atom. The molecule has 0 amide bonds. The van der Waals surface area contributed by atoms with Crippen molar-refractivity contribution in [1.82, 2.24) is 9.97 Å². The molecule has 6 heteroatoms. The minimum absolute atomic E-state index is 0.544. The molecule has 0 aliphatic rings. The van der Waals surface area contributed by atoms with Crippen molar-refractivity contribution in [2.75, 3.05) is 38.2 Å². The first kappa shape index (κ1) is 13.7. The van der Waals surface area contributed by atoms with Crippen molar-refractivity contribution in [1.29, 1.82) is 0 Å². The molecule has 0 fully saturated rings. The van der Waals surface area contributed by atoms with Crippen LogP contribution in [0.25, 0.3) is 0 Å². The fraction of sp³-hybridized carbons (Fsp3) is 0.636. The van der Waals surface area contributed by atoms with Gasteiger partial charge in [0.05, 0.1) is 19.8 Å². The van der Waals surface area contributed by atoms with Gasteiger partial charge < -0.3 is 20.5 Å². The van der Waals surface area contributed by atoms with Gasteiger partial charge in [-0.1, -0.05) is 6.92 Å². The monoisotopic (exact) mass is 240 g/mol. The van der Waals surface area contributed by atoms with Crippen LogP contribution in [0, 0.1) is 0 Å². The van der Waals surface area contributed by atoms with Crippen LogP contribution in [-0.4, -0.2) is 42.9 Å². The van der Waals surface area contributed by atoms with Crippen LogP contribution in [0.4, 0.5) is 5.82 Å². The first-order valence-corrected chi connectivity index (χ1v) is 5.83. The number of ether oxygens (including phenoxy) is 2. The minimum Gasteiger partial charge on any atom is -0.478 e. The van der Waals surface area contributed by atoms with Gasteiger partial charge in [0.15, 0.2) is 0 Å². The smallest absolute Gasteiger partial charge is 0.218 e. The number of nitrogens with two attached hydrogens (primary N) is 1. The number of hydrogen-bond acceptors (Lipinski definition) is 6. The van der Waals surface area contributed by atoms with Crippen molar-refractivity contribution in [3.8, 4) is 5.88 Å². The zero-order chi connectivity index (χ0) is 12.3. The summed E-state index contributed by atoms with van der Waals surface area (Å²) in [6, 6.07) is 1.78. The number of nitrogens with one attached hydrogen (secondary N) is 1. The molecule has 1 rings (SSSR count). The maximum atomic E-state index is 5.40. The lowest BCUT2D eigenvalue weighted by Gasteiger charge is -2.07. The number of rotatable bonds is 9. The highest BCUT2D eigenvalue weighted by Gasteiger charge is 1.98. The van der Waals surface area contributed by atoms with Gasteiger partial charge in [0.2, 0.25) is 5.88 Å². The second-order valence-corrected chi connectivity index (χ2v) is 3.42. The molecule has 0 bridgehead atoms. The second-order valence-electron chi connectivity index (χ2n) is 3.42. The second kappa shape index (κ2) is 8.72. The Hall–Kier alpha value is -1.40. The average Bonchev–Trinajstić information content (AvgIpc) is 2.37. The van der Waals surface area contributed by atoms with Crippen molar-refractivity contribution in [3.05, 3.63) is 12.4 Å². The molecule has 0 aliphatic heterocycles. The minimum atomic E-state index is 0.544. The van der Waals surface area contributed by atoms with Gasteiger partial charge in [0, 0.05) is 19.2 Å². The van der Waals surface area contributed by atoms with Gasteiger partial charge in [-0.25, -0.2) is 9.97 Å². The summed E-state index contributed by atoms with van der Waals surface area (Å²) in [5, 5.41) is 3.12. The van der Waals surface area contributed by atoms with E-state index in [4.69, 9.17) is 15.2 Å². The van der Waals surface area contributed by atoms with Gasteiger partial charge in [-0.15, -0.1) is 0 Å². The van der Waals surface area contributed by atoms with Crippen molar-refractivity contribution in [2.24, 2.45) is 5.73 Å². The summed E-state index contributed by atoms with van der Waals surface area (Å²) in [7, 11) is 0. The fourth-order valence-electron chi connectivity index (χ4n) is 1.16. The van der Waals surface area contributed by atoms with E-state index in [0.717, 1.165) is 12.2 Å². The fourth-order valence-corrected chi connectivity index (χ4v) is 1.16. The topological polar surface area (TPSA) is 82.3 Å². The van der Waals surface area contributed by atoms with Crippen molar-refractivity contribution in [3.63, 3.8) is 0 Å². The highest BCUT2D eigenvalue weighted by atomic mass is 16.5. The maximum absolute atomic E-state index is 5.40. The van der Waals surface area contributed by atoms with E-state index in [1.807, 2.05) is 0 Å². The molecule has 17 heavy (non-hydrogen) atoms. The van der Waals surface area contributed by atoms with Crippen molar-refractivity contribution < 1.29 is 9.47 Å². The number of hydrogen-bond donors (Lipinski definition) is 2. The Morgan fingerprint density at radius 3 is 2.94 bits per heavy atom. The molecule has 6 nitrogen and oxygen atoms in total. The van der Waals surface area contributed by atoms with E-state index in [-0.39, 0.29) is 0 Å². The van der Waals surface area contributed by atoms with Crippen LogP contribution < -0.4 is 15.8 Å². The molecule has 1 heterocycles. The van der Waals surface area contributed by atoms with Gasteiger partial charge in [-0.05, 0) is 6.42 Å². The molecule has 0 aromatic carbocycles. The molecule has 0 spiro atoms. The van der Waals surface area contributed by atoms with Gasteiger partial charge in [-0.2, -0.15) is 0 Å². The number of aromatic nitrogens is 2. The SMILES string of the molecule is CCCOc1cc(NCCOCCN)ncn1. The summed E-state index contributed by atoms with van der Waals surface area (Å²) in [6.07, 6.45) is 2.44. The summed E-state index contributed by atoms with van der Waals surface area (Å²) in [6.45, 7) is 5.13. The van der Waals surface area contributed by atoms with E-state index < -0.39 is 0 Å². The van der Waals surface area contributed by atoms with Crippen LogP contribution in [0.2, 0.25) is 0 Å². The average molecular weight is 240 g/mol. The van der Waals surface area contributed by atoms with Crippen LogP contribution in [0.1, 0.15) is 13.3 Å². The summed E-state index contributed by atoms with van der Waals surface area (Å²) in [5.41, 5.74) is 5.31. The molecule has 1 aromatic heterocycles. The molecule has 0 radical (unpaired) electrons. The molecule has 0 unspecified atom stereocenters. The van der Waals surface area contributed by atoms with Crippen molar-refractivity contribution >= 4 is 5.82 Å². The van der Waals surface area contributed by atoms with Gasteiger partial charge in [0.1, 0.15) is 12.1 Å². The molecule has 0 saturated heterocycles. The Morgan fingerprint density at radius 2 is 2.18 bits per heavy atom. The van der Waals surface area contributed by atoms with Crippen LogP contribution in [0.3, 0.4) is 0 Å². The van der Waals surface area contributed by atoms with E-state index in [1.165, 1.54) is 6.33 Å². The van der Waals surface area contributed by atoms with E-state index in [2.05, 4.69) is 22.2 Å². The van der Waals surface area contributed by atoms with Gasteiger partial charge >= 0.3 is 0 Å². The predicted octanol–water partition coefficient (Wildman–Crippen LogP) is 0.653. The van der Waals surface area contributed by atoms with E-state index in [1.54, 1.807) is 6.07 Å². The number of anilines is 1. The first-order chi connectivity index (χ1) is 8.36. The summed E-state index contributed by atoms with van der Waals surface area (Å²) >= 11 is 0. The van der Waals surface area contributed by atoms with Crippen LogP contribution in [0.5, 0.6) is 5.88 Å². The molecule has 96 valence electrons. The molecular weight excluding hydrogens is 220 g/mol. The van der Waals surface area contributed by atoms with Gasteiger partial charge in [-0.3, -0.25) is 0 Å². The highest BCUT2D eigenvalue weighted by molar-refractivity contribution is 5.36. The maximum Gasteiger partial charge on any atom is 0.218 e. The van der Waals surface area contributed by atoms with Crippen LogP contribution in [-0.2, 0) is 4.74 Å². The van der Waals surface area contributed by atoms with Crippen LogP contribution in [0.15, 0.2) is 12.4 Å². The molecule has 1 aromatic rings. The zero-order valence-corrected chi connectivity index (χ0v) is 10.2. The largest absolute Gasteiger partial charge is 0.478 e. The molecule has 3 N–H and O–H groups in total. The highest BCUT2D eigenvalue weighted by Crippen LogP contribution is 2.10. The van der Waals surface area contributed by atoms with E-state index >= 15 is 0 Å². The molecule has 0 atom stereocenters. The lowest BCUT2D eigenvalue weighted by Crippen LogP contribution is -2.15. The van der Waals surface area contributed by atoms with Gasteiger partial charge in [0.25, 0.3) is 0 Å². The van der Waals surface area contributed by atoms with E-state index in [9.17, 15) is 0 Å². The number of nitrogens with zero attached hydrogens (tertiary/aromatic N) is 2. The summed E-state index contributed by atoms with van der Waals surface area (Å²) in [4.78, 5) is 8.10. The predicted molar refractivity (Wildman–Crippen MR) is 66.2 cm³/mol. The quantitative estimate of drug-likeness (QED) is 0.617. The van der Waals surface area contributed by atoms with Crippen LogP contribution >= 0.6 is 0 Å². The Labute approximate surface area is 102 Å². The third kappa shape index (κ3) is 6.03. The summed E-state index contributed by atoms with van der Waals surface area (Å²) in [5.74, 6) is 1.33. The first-order valence-electron chi connectivity index (χ1n) is 5.83. The molecule has 0 saturated carbocycles. The van der Waals surface area contributed by atoms with E-state index in [0.29, 0.717) is 38.8 Å². The molecular formula is C11H20N4O2. The lowest BCUT2D eigenvalue weighted by atomic mass is 10.5. The summed E-state index contributed by atoms with van der Waals surface area (Å²) < 4.78 is 10.6. The Balaban J connectivity index is 2.27. The zero-order valence-electron chi connectivity index (χ0n) is 10.2. The van der Waals surface area contributed by atoms with Crippen molar-refractivity contribution in [2.45, 2.75) is 13.3 Å². The Bertz CT molecular complexity index is 309. The lowest BCUT2D eigenvalue weighted by molar-refractivity contribution is 0.151. The third-order valence-electron chi connectivity index (χ3n) is 1.91. The third-order valence-corrected chi connectivity index (χ3v) is 1.91. The molecule has 0 aliphatic carbocycles. The Kier molecular flexibility index (Phi) is 7.01.